The Kier molecular flexibility index (Phi) is 4.09. The summed E-state index contributed by atoms with van der Waals surface area (Å²) in [4.78, 5) is 14.6. The van der Waals surface area contributed by atoms with Gasteiger partial charge in [0.1, 0.15) is 0 Å². The van der Waals surface area contributed by atoms with Crippen LogP contribution in [-0.4, -0.2) is 56.6 Å². The van der Waals surface area contributed by atoms with Gasteiger partial charge in [0.2, 0.25) is 0 Å². The summed E-state index contributed by atoms with van der Waals surface area (Å²) in [5.74, 6) is -0.407. The van der Waals surface area contributed by atoms with Gasteiger partial charge in [0, 0.05) is 30.3 Å². The molecule has 2 aliphatic rings. The second kappa shape index (κ2) is 6.28. The van der Waals surface area contributed by atoms with Crippen molar-refractivity contribution in [3.05, 3.63) is 46.8 Å². The highest BCUT2D eigenvalue weighted by Crippen LogP contribution is 2.30. The number of β-amino-alcohol motifs (C(OH)–C–C–N with tert-alkyl or cyclic N) is 1. The smallest absolute Gasteiger partial charge is 0.274 e. The summed E-state index contributed by atoms with van der Waals surface area (Å²) in [6.07, 6.45) is 2.15. The number of aryl methyl sites for hydroxylation is 1. The minimum atomic E-state index is -0.666. The molecular formula is C19H23N3O3. The molecule has 0 unspecified atom stereocenters. The van der Waals surface area contributed by atoms with Crippen LogP contribution in [0.5, 0.6) is 0 Å². The van der Waals surface area contributed by atoms with E-state index >= 15 is 0 Å². The number of hydrogen-bond acceptors (Lipinski definition) is 4. The van der Waals surface area contributed by atoms with Gasteiger partial charge in [-0.2, -0.15) is 5.10 Å². The fourth-order valence-electron chi connectivity index (χ4n) is 3.96. The third kappa shape index (κ3) is 2.65. The molecule has 1 aromatic heterocycles. The number of nitrogens with zero attached hydrogens (tertiary/aromatic N) is 3. The molecule has 1 amide bonds. The second-order valence-corrected chi connectivity index (χ2v) is 7.05. The number of rotatable bonds is 3. The number of para-hydroxylation sites is 1. The van der Waals surface area contributed by atoms with Gasteiger partial charge in [-0.25, -0.2) is 4.68 Å². The number of aliphatic hydroxyl groups excluding tert-OH is 2. The van der Waals surface area contributed by atoms with Crippen LogP contribution in [0.3, 0.4) is 0 Å². The molecule has 6 nitrogen and oxygen atoms in total. The third-order valence-corrected chi connectivity index (χ3v) is 5.40. The zero-order valence-corrected chi connectivity index (χ0v) is 14.4. The SMILES string of the molecule is Cc1ccccc1-n1nc(C(=O)N2C[C@@H](CO)[C@H](O)C2)c2c1CCC2. The van der Waals surface area contributed by atoms with Crippen LogP contribution in [-0.2, 0) is 12.8 Å². The molecule has 132 valence electrons. The highest BCUT2D eigenvalue weighted by atomic mass is 16.3. The molecule has 2 atom stereocenters. The molecule has 2 N–H and O–H groups in total. The molecule has 2 heterocycles. The molecule has 0 saturated carbocycles. The quantitative estimate of drug-likeness (QED) is 0.876. The summed E-state index contributed by atoms with van der Waals surface area (Å²) in [7, 11) is 0. The van der Waals surface area contributed by atoms with Crippen molar-refractivity contribution < 1.29 is 15.0 Å². The lowest BCUT2D eigenvalue weighted by Crippen LogP contribution is -2.30. The van der Waals surface area contributed by atoms with E-state index in [1.165, 1.54) is 0 Å². The average Bonchev–Trinajstić information content (AvgIpc) is 3.29. The molecule has 2 aromatic rings. The lowest BCUT2D eigenvalue weighted by atomic mass is 10.1. The molecule has 6 heteroatoms. The lowest BCUT2D eigenvalue weighted by molar-refractivity contribution is 0.0756. The number of amides is 1. The van der Waals surface area contributed by atoms with E-state index in [4.69, 9.17) is 0 Å². The first kappa shape index (κ1) is 16.3. The molecular weight excluding hydrogens is 318 g/mol. The van der Waals surface area contributed by atoms with Crippen LogP contribution in [0.1, 0.15) is 33.7 Å². The number of fused-ring (bicyclic) bond motifs is 1. The fourth-order valence-corrected chi connectivity index (χ4v) is 3.96. The molecule has 0 radical (unpaired) electrons. The Hall–Kier alpha value is -2.18. The molecule has 0 spiro atoms. The second-order valence-electron chi connectivity index (χ2n) is 7.05. The Morgan fingerprint density at radius 1 is 1.28 bits per heavy atom. The van der Waals surface area contributed by atoms with Gasteiger partial charge in [0.15, 0.2) is 5.69 Å². The molecule has 1 aliphatic carbocycles. The van der Waals surface area contributed by atoms with E-state index in [2.05, 4.69) is 5.10 Å². The van der Waals surface area contributed by atoms with Crippen molar-refractivity contribution in [2.24, 2.45) is 5.92 Å². The molecule has 25 heavy (non-hydrogen) atoms. The number of likely N-dealkylation sites (tertiary alicyclic amines) is 1. The summed E-state index contributed by atoms with van der Waals surface area (Å²) in [5.41, 5.74) is 4.79. The van der Waals surface area contributed by atoms with Crippen LogP contribution in [0.4, 0.5) is 0 Å². The number of aliphatic hydroxyl groups is 2. The van der Waals surface area contributed by atoms with E-state index in [1.54, 1.807) is 4.90 Å². The van der Waals surface area contributed by atoms with E-state index < -0.39 is 6.10 Å². The van der Waals surface area contributed by atoms with E-state index in [9.17, 15) is 15.0 Å². The minimum Gasteiger partial charge on any atom is -0.396 e. The Morgan fingerprint density at radius 2 is 2.08 bits per heavy atom. The van der Waals surface area contributed by atoms with Gasteiger partial charge in [-0.3, -0.25) is 4.79 Å². The largest absolute Gasteiger partial charge is 0.396 e. The number of hydrogen-bond donors (Lipinski definition) is 2. The zero-order valence-electron chi connectivity index (χ0n) is 14.4. The van der Waals surface area contributed by atoms with Gasteiger partial charge < -0.3 is 15.1 Å². The Labute approximate surface area is 146 Å². The fraction of sp³-hybridized carbons (Fsp3) is 0.474. The highest BCUT2D eigenvalue weighted by molar-refractivity contribution is 5.94. The standard InChI is InChI=1S/C19H23N3O3/c1-12-5-2-3-7-15(12)22-16-8-4-6-14(16)18(20-22)19(25)21-9-13(11-23)17(24)10-21/h2-3,5,7,13,17,23-24H,4,6,8-11H2,1H3/t13-,17+/m0/s1. The summed E-state index contributed by atoms with van der Waals surface area (Å²) in [5, 5.41) is 24.0. The van der Waals surface area contributed by atoms with E-state index in [0.29, 0.717) is 12.2 Å². The Balaban J connectivity index is 1.71. The van der Waals surface area contributed by atoms with Crippen molar-refractivity contribution in [1.82, 2.24) is 14.7 Å². The monoisotopic (exact) mass is 341 g/mol. The molecule has 0 bridgehead atoms. The lowest BCUT2D eigenvalue weighted by Gasteiger charge is -2.15. The Bertz CT molecular complexity index is 814. The predicted molar refractivity (Wildman–Crippen MR) is 92.8 cm³/mol. The predicted octanol–water partition coefficient (Wildman–Crippen LogP) is 1.09. The molecule has 1 saturated heterocycles. The van der Waals surface area contributed by atoms with Crippen LogP contribution >= 0.6 is 0 Å². The van der Waals surface area contributed by atoms with E-state index in [0.717, 1.165) is 41.8 Å². The molecule has 1 fully saturated rings. The van der Waals surface area contributed by atoms with Gasteiger partial charge in [-0.1, -0.05) is 18.2 Å². The first-order valence-corrected chi connectivity index (χ1v) is 8.85. The van der Waals surface area contributed by atoms with Crippen molar-refractivity contribution in [3.63, 3.8) is 0 Å². The van der Waals surface area contributed by atoms with Crippen LogP contribution in [0.15, 0.2) is 24.3 Å². The topological polar surface area (TPSA) is 78.6 Å². The maximum absolute atomic E-state index is 13.0. The molecule has 1 aromatic carbocycles. The molecule has 1 aliphatic heterocycles. The first-order chi connectivity index (χ1) is 12.1. The summed E-state index contributed by atoms with van der Waals surface area (Å²) in [6.45, 7) is 2.57. The maximum Gasteiger partial charge on any atom is 0.274 e. The number of carbonyl (C=O) groups excluding carboxylic acids is 1. The van der Waals surface area contributed by atoms with Gasteiger partial charge in [-0.05, 0) is 37.8 Å². The zero-order chi connectivity index (χ0) is 17.6. The van der Waals surface area contributed by atoms with Crippen LogP contribution < -0.4 is 0 Å². The van der Waals surface area contributed by atoms with Gasteiger partial charge in [-0.15, -0.1) is 0 Å². The summed E-state index contributed by atoms with van der Waals surface area (Å²) >= 11 is 0. The number of carbonyl (C=O) groups is 1. The van der Waals surface area contributed by atoms with Crippen molar-refractivity contribution in [2.45, 2.75) is 32.3 Å². The van der Waals surface area contributed by atoms with Gasteiger partial charge in [0.05, 0.1) is 18.4 Å². The summed E-state index contributed by atoms with van der Waals surface area (Å²) < 4.78 is 1.92. The third-order valence-electron chi connectivity index (χ3n) is 5.40. The maximum atomic E-state index is 13.0. The highest BCUT2D eigenvalue weighted by Gasteiger charge is 2.37. The van der Waals surface area contributed by atoms with Gasteiger partial charge >= 0.3 is 0 Å². The summed E-state index contributed by atoms with van der Waals surface area (Å²) in [6, 6.07) is 8.05. The van der Waals surface area contributed by atoms with Gasteiger partial charge in [0.25, 0.3) is 5.91 Å². The van der Waals surface area contributed by atoms with Crippen molar-refractivity contribution in [2.75, 3.05) is 19.7 Å². The van der Waals surface area contributed by atoms with Crippen molar-refractivity contribution in [3.8, 4) is 5.69 Å². The number of benzene rings is 1. The van der Waals surface area contributed by atoms with Crippen LogP contribution in [0.2, 0.25) is 0 Å². The van der Waals surface area contributed by atoms with E-state index in [1.807, 2.05) is 35.9 Å². The Morgan fingerprint density at radius 3 is 2.80 bits per heavy atom. The average molecular weight is 341 g/mol. The van der Waals surface area contributed by atoms with Crippen LogP contribution in [0, 0.1) is 12.8 Å². The van der Waals surface area contributed by atoms with E-state index in [-0.39, 0.29) is 25.0 Å². The first-order valence-electron chi connectivity index (χ1n) is 8.85. The minimum absolute atomic E-state index is 0.110. The molecule has 4 rings (SSSR count). The van der Waals surface area contributed by atoms with Crippen molar-refractivity contribution >= 4 is 5.91 Å². The number of aromatic nitrogens is 2. The van der Waals surface area contributed by atoms with Crippen molar-refractivity contribution in [1.29, 1.82) is 0 Å². The van der Waals surface area contributed by atoms with Crippen LogP contribution in [0.25, 0.3) is 5.69 Å². The normalized spacial score (nSPS) is 22.4.